The van der Waals surface area contributed by atoms with Crippen LogP contribution in [-0.4, -0.2) is 44.0 Å². The highest BCUT2D eigenvalue weighted by Crippen LogP contribution is 2.35. The Balaban J connectivity index is 1.66. The molecule has 1 aliphatic rings. The van der Waals surface area contributed by atoms with E-state index in [4.69, 9.17) is 0 Å². The molecule has 1 fully saturated rings. The van der Waals surface area contributed by atoms with Crippen molar-refractivity contribution in [1.29, 1.82) is 0 Å². The van der Waals surface area contributed by atoms with Gasteiger partial charge in [-0.1, -0.05) is 0 Å². The summed E-state index contributed by atoms with van der Waals surface area (Å²) in [6.07, 6.45) is 7.54. The first-order chi connectivity index (χ1) is 12.4. The average Bonchev–Trinajstić information content (AvgIpc) is 3.17. The van der Waals surface area contributed by atoms with E-state index >= 15 is 0 Å². The van der Waals surface area contributed by atoms with Crippen LogP contribution >= 0.6 is 0 Å². The first kappa shape index (κ1) is 18.6. The maximum absolute atomic E-state index is 12.2. The molecule has 0 unspecified atom stereocenters. The van der Waals surface area contributed by atoms with Gasteiger partial charge in [0.2, 0.25) is 5.91 Å². The fourth-order valence-corrected chi connectivity index (χ4v) is 3.77. The summed E-state index contributed by atoms with van der Waals surface area (Å²) in [5.74, 6) is 0.589. The minimum atomic E-state index is 0.0805. The minimum Gasteiger partial charge on any atom is -0.338 e. The van der Waals surface area contributed by atoms with Gasteiger partial charge in [0, 0.05) is 63.2 Å². The van der Waals surface area contributed by atoms with Crippen molar-refractivity contribution in [3.8, 4) is 0 Å². The summed E-state index contributed by atoms with van der Waals surface area (Å²) >= 11 is 0. The van der Waals surface area contributed by atoms with E-state index in [9.17, 15) is 4.79 Å². The number of piperidine rings is 1. The highest BCUT2D eigenvalue weighted by molar-refractivity contribution is 5.77. The average molecular weight is 358 g/mol. The molecule has 3 rings (SSSR count). The summed E-state index contributed by atoms with van der Waals surface area (Å²) < 4.78 is 3.81. The molecule has 0 radical (unpaired) electrons. The van der Waals surface area contributed by atoms with Gasteiger partial charge < -0.3 is 10.2 Å². The fraction of sp³-hybridized carbons (Fsp3) is 0.632. The van der Waals surface area contributed by atoms with Crippen LogP contribution in [0.1, 0.15) is 55.6 Å². The molecule has 0 bridgehead atoms. The number of likely N-dealkylation sites (tertiary alicyclic amines) is 1. The van der Waals surface area contributed by atoms with Crippen molar-refractivity contribution in [3.63, 3.8) is 0 Å². The standard InChI is InChI=1S/C19H30N6O/c1-13(2)25-12-16(14(3)22-25)9-20-8-15-6-7-18(26)24(5)19(15)17-10-21-23(4)11-17/h10-13,15,19-20H,6-9H2,1-5H3/t15-,19+/m1/s1. The van der Waals surface area contributed by atoms with E-state index in [0.717, 1.165) is 30.8 Å². The van der Waals surface area contributed by atoms with Crippen LogP contribution in [0.15, 0.2) is 18.6 Å². The molecule has 26 heavy (non-hydrogen) atoms. The van der Waals surface area contributed by atoms with Crippen LogP contribution in [0, 0.1) is 12.8 Å². The van der Waals surface area contributed by atoms with E-state index in [2.05, 4.69) is 42.5 Å². The molecule has 2 atom stereocenters. The van der Waals surface area contributed by atoms with E-state index in [1.54, 1.807) is 4.68 Å². The molecule has 3 heterocycles. The molecular weight excluding hydrogens is 328 g/mol. The lowest BCUT2D eigenvalue weighted by Gasteiger charge is -2.38. The number of nitrogens with one attached hydrogen (secondary N) is 1. The van der Waals surface area contributed by atoms with Crippen molar-refractivity contribution >= 4 is 5.91 Å². The Kier molecular flexibility index (Phi) is 5.46. The van der Waals surface area contributed by atoms with Crippen molar-refractivity contribution in [2.75, 3.05) is 13.6 Å². The molecule has 7 heteroatoms. The number of rotatable bonds is 6. The van der Waals surface area contributed by atoms with Crippen molar-refractivity contribution < 1.29 is 4.79 Å². The molecule has 1 amide bonds. The number of hydrogen-bond donors (Lipinski definition) is 1. The summed E-state index contributed by atoms with van der Waals surface area (Å²) in [5, 5.41) is 12.5. The third kappa shape index (κ3) is 3.82. The Morgan fingerprint density at radius 2 is 2.08 bits per heavy atom. The molecule has 2 aromatic rings. The quantitative estimate of drug-likeness (QED) is 0.860. The summed E-state index contributed by atoms with van der Waals surface area (Å²) in [7, 11) is 3.82. The van der Waals surface area contributed by atoms with Crippen LogP contribution < -0.4 is 5.32 Å². The Bertz CT molecular complexity index is 762. The summed E-state index contributed by atoms with van der Waals surface area (Å²) in [4.78, 5) is 14.1. The Labute approximate surface area is 155 Å². The van der Waals surface area contributed by atoms with E-state index in [1.807, 2.05) is 36.1 Å². The second-order valence-corrected chi connectivity index (χ2v) is 7.64. The van der Waals surface area contributed by atoms with Crippen molar-refractivity contribution in [1.82, 2.24) is 29.8 Å². The molecule has 7 nitrogen and oxygen atoms in total. The third-order valence-electron chi connectivity index (χ3n) is 5.32. The summed E-state index contributed by atoms with van der Waals surface area (Å²) in [5.41, 5.74) is 3.42. The fourth-order valence-electron chi connectivity index (χ4n) is 3.77. The number of nitrogens with zero attached hydrogens (tertiary/aromatic N) is 5. The maximum Gasteiger partial charge on any atom is 0.222 e. The highest BCUT2D eigenvalue weighted by atomic mass is 16.2. The zero-order valence-corrected chi connectivity index (χ0v) is 16.4. The van der Waals surface area contributed by atoms with Gasteiger partial charge in [0.1, 0.15) is 0 Å². The van der Waals surface area contributed by atoms with Gasteiger partial charge in [-0.2, -0.15) is 10.2 Å². The van der Waals surface area contributed by atoms with E-state index < -0.39 is 0 Å². The molecule has 2 aromatic heterocycles. The SMILES string of the molecule is Cc1nn(C(C)C)cc1CNC[C@H]1CCC(=O)N(C)[C@@H]1c1cnn(C)c1. The molecular formula is C19H30N6O. The zero-order chi connectivity index (χ0) is 18.8. The van der Waals surface area contributed by atoms with Gasteiger partial charge in [-0.15, -0.1) is 0 Å². The molecule has 0 spiro atoms. The first-order valence-electron chi connectivity index (χ1n) is 9.36. The number of amides is 1. The van der Waals surface area contributed by atoms with Gasteiger partial charge in [-0.3, -0.25) is 14.2 Å². The number of carbonyl (C=O) groups is 1. The van der Waals surface area contributed by atoms with Gasteiger partial charge in [0.05, 0.1) is 17.9 Å². The van der Waals surface area contributed by atoms with Crippen molar-refractivity contribution in [2.45, 2.75) is 52.2 Å². The lowest BCUT2D eigenvalue weighted by molar-refractivity contribution is -0.137. The monoisotopic (exact) mass is 358 g/mol. The molecule has 1 aliphatic heterocycles. The summed E-state index contributed by atoms with van der Waals surface area (Å²) in [6, 6.07) is 0.451. The number of carbonyl (C=O) groups excluding carboxylic acids is 1. The molecule has 1 N–H and O–H groups in total. The van der Waals surface area contributed by atoms with Crippen LogP contribution in [0.3, 0.4) is 0 Å². The molecule has 142 valence electrons. The number of hydrogen-bond acceptors (Lipinski definition) is 4. The maximum atomic E-state index is 12.2. The number of aryl methyl sites for hydroxylation is 2. The van der Waals surface area contributed by atoms with Crippen LogP contribution in [0.2, 0.25) is 0 Å². The van der Waals surface area contributed by atoms with Crippen LogP contribution in [0.5, 0.6) is 0 Å². The zero-order valence-electron chi connectivity index (χ0n) is 16.4. The van der Waals surface area contributed by atoms with Gasteiger partial charge in [0.25, 0.3) is 0 Å². The predicted octanol–water partition coefficient (Wildman–Crippen LogP) is 2.21. The van der Waals surface area contributed by atoms with Crippen LogP contribution in [-0.2, 0) is 18.4 Å². The van der Waals surface area contributed by atoms with Crippen LogP contribution in [0.25, 0.3) is 0 Å². The number of aromatic nitrogens is 4. The van der Waals surface area contributed by atoms with Crippen LogP contribution in [0.4, 0.5) is 0 Å². The largest absolute Gasteiger partial charge is 0.338 e. The predicted molar refractivity (Wildman–Crippen MR) is 100 cm³/mol. The first-order valence-corrected chi connectivity index (χ1v) is 9.36. The lowest BCUT2D eigenvalue weighted by atomic mass is 9.85. The normalized spacial score (nSPS) is 21.0. The van der Waals surface area contributed by atoms with Crippen molar-refractivity contribution in [2.24, 2.45) is 13.0 Å². The second-order valence-electron chi connectivity index (χ2n) is 7.64. The van der Waals surface area contributed by atoms with Gasteiger partial charge in [-0.25, -0.2) is 0 Å². The van der Waals surface area contributed by atoms with Gasteiger partial charge in [-0.05, 0) is 33.1 Å². The Morgan fingerprint density at radius 3 is 2.69 bits per heavy atom. The third-order valence-corrected chi connectivity index (χ3v) is 5.32. The smallest absolute Gasteiger partial charge is 0.222 e. The minimum absolute atomic E-state index is 0.0805. The molecule has 1 saturated heterocycles. The molecule has 0 aliphatic carbocycles. The van der Waals surface area contributed by atoms with Crippen molar-refractivity contribution in [3.05, 3.63) is 35.4 Å². The molecule has 0 saturated carbocycles. The van der Waals surface area contributed by atoms with E-state index in [0.29, 0.717) is 18.4 Å². The lowest BCUT2D eigenvalue weighted by Crippen LogP contribution is -2.43. The van der Waals surface area contributed by atoms with Gasteiger partial charge >= 0.3 is 0 Å². The summed E-state index contributed by atoms with van der Waals surface area (Å²) in [6.45, 7) is 7.99. The van der Waals surface area contributed by atoms with Gasteiger partial charge in [0.15, 0.2) is 0 Å². The topological polar surface area (TPSA) is 68.0 Å². The Morgan fingerprint density at radius 1 is 1.31 bits per heavy atom. The Hall–Kier alpha value is -2.15. The second kappa shape index (κ2) is 7.61. The molecule has 0 aromatic carbocycles. The van der Waals surface area contributed by atoms with E-state index in [1.165, 1.54) is 5.56 Å². The highest BCUT2D eigenvalue weighted by Gasteiger charge is 2.35. The van der Waals surface area contributed by atoms with E-state index in [-0.39, 0.29) is 11.9 Å².